The molecule has 1 amide bonds. The minimum atomic E-state index is -0.705. The van der Waals surface area contributed by atoms with Gasteiger partial charge in [0.15, 0.2) is 0 Å². The molecule has 0 unspecified atom stereocenters. The molecule has 21 heavy (non-hydrogen) atoms. The Morgan fingerprint density at radius 3 is 2.67 bits per heavy atom. The topological polar surface area (TPSA) is 98.3 Å². The SMILES string of the molecule is Nc1ccc(Br)c(C(=O)Nc2cc(F)ccc2[N+](=O)[O-])c1. The summed E-state index contributed by atoms with van der Waals surface area (Å²) in [6.45, 7) is 0. The molecule has 0 bridgehead atoms. The highest BCUT2D eigenvalue weighted by molar-refractivity contribution is 9.10. The van der Waals surface area contributed by atoms with Crippen molar-refractivity contribution < 1.29 is 14.1 Å². The van der Waals surface area contributed by atoms with Gasteiger partial charge >= 0.3 is 0 Å². The maximum absolute atomic E-state index is 13.2. The van der Waals surface area contributed by atoms with Crippen LogP contribution in [-0.2, 0) is 0 Å². The summed E-state index contributed by atoms with van der Waals surface area (Å²) in [6, 6.07) is 7.39. The second kappa shape index (κ2) is 5.88. The predicted octanol–water partition coefficient (Wildman–Crippen LogP) is 3.33. The first-order valence-corrected chi connectivity index (χ1v) is 6.48. The maximum Gasteiger partial charge on any atom is 0.292 e. The molecule has 0 heterocycles. The highest BCUT2D eigenvalue weighted by Crippen LogP contribution is 2.27. The lowest BCUT2D eigenvalue weighted by molar-refractivity contribution is -0.384. The number of nitrogens with two attached hydrogens (primary N) is 1. The van der Waals surface area contributed by atoms with E-state index in [0.717, 1.165) is 18.2 Å². The molecular formula is C13H9BrFN3O3. The van der Waals surface area contributed by atoms with Gasteiger partial charge in [-0.2, -0.15) is 0 Å². The van der Waals surface area contributed by atoms with Gasteiger partial charge in [0.1, 0.15) is 11.5 Å². The first-order valence-electron chi connectivity index (χ1n) is 5.69. The highest BCUT2D eigenvalue weighted by Gasteiger charge is 2.18. The summed E-state index contributed by atoms with van der Waals surface area (Å²) in [5, 5.41) is 13.2. The number of nitrogens with one attached hydrogen (secondary N) is 1. The molecule has 8 heteroatoms. The number of nitro benzene ring substituents is 1. The van der Waals surface area contributed by atoms with Crippen LogP contribution in [0.3, 0.4) is 0 Å². The molecule has 0 radical (unpaired) electrons. The van der Waals surface area contributed by atoms with E-state index >= 15 is 0 Å². The molecule has 2 aromatic rings. The van der Waals surface area contributed by atoms with Gasteiger partial charge in [-0.05, 0) is 40.2 Å². The number of nitrogens with zero attached hydrogens (tertiary/aromatic N) is 1. The fourth-order valence-electron chi connectivity index (χ4n) is 1.67. The highest BCUT2D eigenvalue weighted by atomic mass is 79.9. The number of nitrogen functional groups attached to an aromatic ring is 1. The lowest BCUT2D eigenvalue weighted by atomic mass is 10.2. The summed E-state index contributed by atoms with van der Waals surface area (Å²) in [5.74, 6) is -1.33. The molecule has 3 N–H and O–H groups in total. The fourth-order valence-corrected chi connectivity index (χ4v) is 2.10. The molecule has 0 spiro atoms. The number of rotatable bonds is 3. The zero-order valence-electron chi connectivity index (χ0n) is 10.5. The van der Waals surface area contributed by atoms with Crippen molar-refractivity contribution in [1.82, 2.24) is 0 Å². The summed E-state index contributed by atoms with van der Waals surface area (Å²) < 4.78 is 13.7. The number of anilines is 2. The Labute approximate surface area is 127 Å². The van der Waals surface area contributed by atoms with E-state index in [1.54, 1.807) is 12.1 Å². The second-order valence-corrected chi connectivity index (χ2v) is 4.97. The molecule has 0 saturated heterocycles. The van der Waals surface area contributed by atoms with Crippen molar-refractivity contribution in [1.29, 1.82) is 0 Å². The third-order valence-corrected chi connectivity index (χ3v) is 3.33. The average molecular weight is 354 g/mol. The first kappa shape index (κ1) is 14.9. The van der Waals surface area contributed by atoms with Crippen LogP contribution in [-0.4, -0.2) is 10.8 Å². The lowest BCUT2D eigenvalue weighted by Crippen LogP contribution is -2.14. The van der Waals surface area contributed by atoms with Crippen LogP contribution in [0.5, 0.6) is 0 Å². The maximum atomic E-state index is 13.2. The predicted molar refractivity (Wildman–Crippen MR) is 79.6 cm³/mol. The molecular weight excluding hydrogens is 345 g/mol. The van der Waals surface area contributed by atoms with Crippen molar-refractivity contribution in [3.63, 3.8) is 0 Å². The zero-order valence-corrected chi connectivity index (χ0v) is 12.1. The van der Waals surface area contributed by atoms with Gasteiger partial charge in [-0.15, -0.1) is 0 Å². The fraction of sp³-hybridized carbons (Fsp3) is 0. The van der Waals surface area contributed by atoms with E-state index in [2.05, 4.69) is 21.2 Å². The largest absolute Gasteiger partial charge is 0.399 e. The Bertz CT molecular complexity index is 737. The molecule has 2 aromatic carbocycles. The molecule has 0 atom stereocenters. The Kier molecular flexibility index (Phi) is 4.18. The number of halogens is 2. The molecule has 0 saturated carbocycles. The summed E-state index contributed by atoms with van der Waals surface area (Å²) in [7, 11) is 0. The Balaban J connectivity index is 2.38. The summed E-state index contributed by atoms with van der Waals surface area (Å²) in [4.78, 5) is 22.3. The van der Waals surface area contributed by atoms with Crippen molar-refractivity contribution >= 4 is 38.9 Å². The molecule has 0 aromatic heterocycles. The van der Waals surface area contributed by atoms with Crippen molar-refractivity contribution in [3.05, 3.63) is 62.4 Å². The third kappa shape index (κ3) is 3.34. The van der Waals surface area contributed by atoms with Crippen LogP contribution in [0.2, 0.25) is 0 Å². The van der Waals surface area contributed by atoms with Crippen molar-refractivity contribution in [2.75, 3.05) is 11.1 Å². The molecule has 0 aliphatic heterocycles. The van der Waals surface area contributed by atoms with Crippen LogP contribution >= 0.6 is 15.9 Å². The van der Waals surface area contributed by atoms with E-state index in [9.17, 15) is 19.3 Å². The molecule has 0 aliphatic rings. The number of amides is 1. The summed E-state index contributed by atoms with van der Waals surface area (Å²) >= 11 is 3.18. The van der Waals surface area contributed by atoms with Gasteiger partial charge in [-0.3, -0.25) is 14.9 Å². The molecule has 0 fully saturated rings. The van der Waals surface area contributed by atoms with Gasteiger partial charge in [-0.1, -0.05) is 0 Å². The molecule has 6 nitrogen and oxygen atoms in total. The molecule has 108 valence electrons. The van der Waals surface area contributed by atoms with Gasteiger partial charge < -0.3 is 11.1 Å². The number of hydrogen-bond donors (Lipinski definition) is 2. The van der Waals surface area contributed by atoms with Gasteiger partial charge in [-0.25, -0.2) is 4.39 Å². The van der Waals surface area contributed by atoms with Crippen LogP contribution in [0.1, 0.15) is 10.4 Å². The Morgan fingerprint density at radius 2 is 2.00 bits per heavy atom. The zero-order chi connectivity index (χ0) is 15.6. The molecule has 0 aliphatic carbocycles. The second-order valence-electron chi connectivity index (χ2n) is 4.11. The van der Waals surface area contributed by atoms with Gasteiger partial charge in [0, 0.05) is 22.3 Å². The first-order chi connectivity index (χ1) is 9.88. The number of carbonyl (C=O) groups excluding carboxylic acids is 1. The van der Waals surface area contributed by atoms with Crippen LogP contribution in [0.4, 0.5) is 21.5 Å². The normalized spacial score (nSPS) is 10.2. The van der Waals surface area contributed by atoms with E-state index in [-0.39, 0.29) is 11.3 Å². The number of nitro groups is 1. The van der Waals surface area contributed by atoms with Crippen LogP contribution in [0.15, 0.2) is 40.9 Å². The Morgan fingerprint density at radius 1 is 1.29 bits per heavy atom. The minimum absolute atomic E-state index is 0.188. The summed E-state index contributed by atoms with van der Waals surface area (Å²) in [6.07, 6.45) is 0. The molecule has 2 rings (SSSR count). The van der Waals surface area contributed by atoms with Gasteiger partial charge in [0.2, 0.25) is 0 Å². The quantitative estimate of drug-likeness (QED) is 0.502. The number of hydrogen-bond acceptors (Lipinski definition) is 4. The monoisotopic (exact) mass is 353 g/mol. The van der Waals surface area contributed by atoms with Crippen molar-refractivity contribution in [2.45, 2.75) is 0 Å². The standard InChI is InChI=1S/C13H9BrFN3O3/c14-10-3-2-8(16)6-9(10)13(19)17-11-5-7(15)1-4-12(11)18(20)21/h1-6H,16H2,(H,17,19). The van der Waals surface area contributed by atoms with E-state index in [1.807, 2.05) is 0 Å². The van der Waals surface area contributed by atoms with E-state index < -0.39 is 22.3 Å². The van der Waals surface area contributed by atoms with Gasteiger partial charge in [0.25, 0.3) is 11.6 Å². The minimum Gasteiger partial charge on any atom is -0.399 e. The van der Waals surface area contributed by atoms with E-state index in [0.29, 0.717) is 10.2 Å². The number of carbonyl (C=O) groups is 1. The summed E-state index contributed by atoms with van der Waals surface area (Å²) in [5.41, 5.74) is 5.52. The Hall–Kier alpha value is -2.48. The van der Waals surface area contributed by atoms with Crippen LogP contribution in [0, 0.1) is 15.9 Å². The lowest BCUT2D eigenvalue weighted by Gasteiger charge is -2.08. The van der Waals surface area contributed by atoms with Gasteiger partial charge in [0.05, 0.1) is 10.5 Å². The average Bonchev–Trinajstić information content (AvgIpc) is 2.41. The third-order valence-electron chi connectivity index (χ3n) is 2.64. The van der Waals surface area contributed by atoms with Crippen molar-refractivity contribution in [2.24, 2.45) is 0 Å². The number of benzene rings is 2. The van der Waals surface area contributed by atoms with E-state index in [4.69, 9.17) is 5.73 Å². The van der Waals surface area contributed by atoms with E-state index in [1.165, 1.54) is 6.07 Å². The van der Waals surface area contributed by atoms with Crippen molar-refractivity contribution in [3.8, 4) is 0 Å². The van der Waals surface area contributed by atoms with Crippen LogP contribution in [0.25, 0.3) is 0 Å². The van der Waals surface area contributed by atoms with Crippen LogP contribution < -0.4 is 11.1 Å². The smallest absolute Gasteiger partial charge is 0.292 e.